The van der Waals surface area contributed by atoms with E-state index < -0.39 is 0 Å². The van der Waals surface area contributed by atoms with Gasteiger partial charge in [-0.2, -0.15) is 4.37 Å². The Labute approximate surface area is 130 Å². The molecule has 0 saturated heterocycles. The van der Waals surface area contributed by atoms with Crippen LogP contribution in [0.5, 0.6) is 0 Å². The van der Waals surface area contributed by atoms with Crippen molar-refractivity contribution in [3.63, 3.8) is 0 Å². The van der Waals surface area contributed by atoms with Crippen LogP contribution in [0.3, 0.4) is 0 Å². The molecule has 0 bridgehead atoms. The number of carbonyl (C=O) groups excluding carboxylic acids is 1. The van der Waals surface area contributed by atoms with Crippen LogP contribution in [0.15, 0.2) is 54.9 Å². The summed E-state index contributed by atoms with van der Waals surface area (Å²) in [4.78, 5) is 16.6. The van der Waals surface area contributed by atoms with Crippen molar-refractivity contribution in [2.24, 2.45) is 0 Å². The molecule has 0 aliphatic rings. The maximum Gasteiger partial charge on any atom is 0.263 e. The summed E-state index contributed by atoms with van der Waals surface area (Å²) < 4.78 is 17.1. The monoisotopic (exact) mass is 313 g/mol. The van der Waals surface area contributed by atoms with E-state index in [1.54, 1.807) is 30.6 Å². The lowest BCUT2D eigenvalue weighted by atomic mass is 10.1. The summed E-state index contributed by atoms with van der Waals surface area (Å²) in [6, 6.07) is 11.4. The minimum atomic E-state index is -0.298. The number of nitrogens with zero attached hydrogens (tertiary/aromatic N) is 2. The molecule has 6 heteroatoms. The van der Waals surface area contributed by atoms with Crippen molar-refractivity contribution in [3.8, 4) is 11.3 Å². The number of hydrogen-bond acceptors (Lipinski definition) is 4. The number of carbonyl (C=O) groups is 1. The van der Waals surface area contributed by atoms with Crippen molar-refractivity contribution in [1.82, 2.24) is 14.7 Å². The zero-order valence-corrected chi connectivity index (χ0v) is 12.3. The Bertz CT molecular complexity index is 772. The molecule has 0 saturated carbocycles. The van der Waals surface area contributed by atoms with Gasteiger partial charge in [-0.15, -0.1) is 0 Å². The van der Waals surface area contributed by atoms with Crippen molar-refractivity contribution < 1.29 is 9.18 Å². The highest BCUT2D eigenvalue weighted by atomic mass is 32.1. The molecule has 2 heterocycles. The molecule has 1 aromatic carbocycles. The third-order valence-electron chi connectivity index (χ3n) is 3.05. The van der Waals surface area contributed by atoms with E-state index in [2.05, 4.69) is 14.7 Å². The summed E-state index contributed by atoms with van der Waals surface area (Å²) in [5.41, 5.74) is 2.37. The number of benzene rings is 1. The topological polar surface area (TPSA) is 54.9 Å². The van der Waals surface area contributed by atoms with Gasteiger partial charge >= 0.3 is 0 Å². The van der Waals surface area contributed by atoms with Gasteiger partial charge in [-0.05, 0) is 53.5 Å². The third-order valence-corrected chi connectivity index (χ3v) is 3.84. The first kappa shape index (κ1) is 14.3. The Morgan fingerprint density at radius 2 is 2.05 bits per heavy atom. The van der Waals surface area contributed by atoms with Crippen LogP contribution in [-0.2, 0) is 6.54 Å². The fraction of sp³-hybridized carbons (Fsp3) is 0.0625. The molecule has 4 nitrogen and oxygen atoms in total. The number of rotatable bonds is 4. The van der Waals surface area contributed by atoms with Gasteiger partial charge < -0.3 is 5.32 Å². The molecule has 1 amide bonds. The Hall–Kier alpha value is -2.60. The minimum Gasteiger partial charge on any atom is -0.347 e. The van der Waals surface area contributed by atoms with Crippen LogP contribution in [0.25, 0.3) is 11.3 Å². The lowest BCUT2D eigenvalue weighted by Gasteiger charge is -2.02. The molecule has 1 N–H and O–H groups in total. The molecular formula is C16H12FN3OS. The van der Waals surface area contributed by atoms with Crippen LogP contribution in [0, 0.1) is 5.82 Å². The molecule has 2 aromatic heterocycles. The second kappa shape index (κ2) is 6.44. The standard InChI is InChI=1S/C16H12FN3OS/c17-13-5-3-12(4-6-13)14-8-15(22-20-14)16(21)19-10-11-2-1-7-18-9-11/h1-9H,10H2,(H,19,21). The van der Waals surface area contributed by atoms with Gasteiger partial charge in [0.15, 0.2) is 0 Å². The predicted molar refractivity (Wildman–Crippen MR) is 82.9 cm³/mol. The van der Waals surface area contributed by atoms with E-state index in [1.165, 1.54) is 12.1 Å². The largest absolute Gasteiger partial charge is 0.347 e. The van der Waals surface area contributed by atoms with Crippen LogP contribution in [0.1, 0.15) is 15.2 Å². The number of nitrogens with one attached hydrogen (secondary N) is 1. The van der Waals surface area contributed by atoms with Crippen molar-refractivity contribution in [2.75, 3.05) is 0 Å². The highest BCUT2D eigenvalue weighted by Crippen LogP contribution is 2.22. The normalized spacial score (nSPS) is 10.4. The van der Waals surface area contributed by atoms with Crippen LogP contribution >= 0.6 is 11.5 Å². The molecule has 3 aromatic rings. The number of amides is 1. The minimum absolute atomic E-state index is 0.185. The van der Waals surface area contributed by atoms with Crippen molar-refractivity contribution >= 4 is 17.4 Å². The Balaban J connectivity index is 1.68. The van der Waals surface area contributed by atoms with Crippen LogP contribution in [0.2, 0.25) is 0 Å². The van der Waals surface area contributed by atoms with E-state index in [9.17, 15) is 9.18 Å². The Kier molecular flexibility index (Phi) is 4.20. The Morgan fingerprint density at radius 1 is 1.23 bits per heavy atom. The molecule has 0 aliphatic carbocycles. The van der Waals surface area contributed by atoms with Gasteiger partial charge in [-0.1, -0.05) is 6.07 Å². The van der Waals surface area contributed by atoms with E-state index >= 15 is 0 Å². The van der Waals surface area contributed by atoms with Crippen molar-refractivity contribution in [2.45, 2.75) is 6.54 Å². The summed E-state index contributed by atoms with van der Waals surface area (Å²) in [5, 5.41) is 2.82. The second-order valence-electron chi connectivity index (χ2n) is 4.63. The van der Waals surface area contributed by atoms with Gasteiger partial charge in [0, 0.05) is 24.5 Å². The van der Waals surface area contributed by atoms with Crippen LogP contribution < -0.4 is 5.32 Å². The zero-order valence-electron chi connectivity index (χ0n) is 11.5. The van der Waals surface area contributed by atoms with E-state index in [4.69, 9.17) is 0 Å². The molecular weight excluding hydrogens is 301 g/mol. The van der Waals surface area contributed by atoms with Crippen molar-refractivity contribution in [3.05, 3.63) is 71.1 Å². The van der Waals surface area contributed by atoms with Gasteiger partial charge in [0.05, 0.1) is 5.69 Å². The number of halogens is 1. The molecule has 0 fully saturated rings. The predicted octanol–water partition coefficient (Wildman–Crippen LogP) is 3.27. The highest BCUT2D eigenvalue weighted by molar-refractivity contribution is 7.08. The fourth-order valence-corrected chi connectivity index (χ4v) is 2.59. The number of hydrogen-bond donors (Lipinski definition) is 1. The summed E-state index contributed by atoms with van der Waals surface area (Å²) in [5.74, 6) is -0.483. The SMILES string of the molecule is O=C(NCc1cccnc1)c1cc(-c2ccc(F)cc2)ns1. The average molecular weight is 313 g/mol. The second-order valence-corrected chi connectivity index (χ2v) is 5.43. The first-order valence-corrected chi connectivity index (χ1v) is 7.39. The molecule has 3 rings (SSSR count). The first-order valence-electron chi connectivity index (χ1n) is 6.62. The maximum absolute atomic E-state index is 12.9. The molecule has 0 radical (unpaired) electrons. The Morgan fingerprint density at radius 3 is 2.77 bits per heavy atom. The summed E-state index contributed by atoms with van der Waals surface area (Å²) in [6.07, 6.45) is 3.39. The molecule has 110 valence electrons. The fourth-order valence-electron chi connectivity index (χ4n) is 1.91. The van der Waals surface area contributed by atoms with Gasteiger partial charge in [-0.3, -0.25) is 9.78 Å². The summed E-state index contributed by atoms with van der Waals surface area (Å²) in [7, 11) is 0. The zero-order chi connectivity index (χ0) is 15.4. The molecule has 0 spiro atoms. The average Bonchev–Trinajstić information content (AvgIpc) is 3.04. The quantitative estimate of drug-likeness (QED) is 0.804. The van der Waals surface area contributed by atoms with E-state index in [1.807, 2.05) is 12.1 Å². The first-order chi connectivity index (χ1) is 10.7. The van der Waals surface area contributed by atoms with Gasteiger partial charge in [-0.25, -0.2) is 4.39 Å². The number of aromatic nitrogens is 2. The van der Waals surface area contributed by atoms with Gasteiger partial charge in [0.1, 0.15) is 10.7 Å². The van der Waals surface area contributed by atoms with E-state index in [0.717, 1.165) is 22.7 Å². The van der Waals surface area contributed by atoms with Gasteiger partial charge in [0.25, 0.3) is 5.91 Å². The lowest BCUT2D eigenvalue weighted by Crippen LogP contribution is -2.21. The van der Waals surface area contributed by atoms with Gasteiger partial charge in [0.2, 0.25) is 0 Å². The van der Waals surface area contributed by atoms with Crippen molar-refractivity contribution in [1.29, 1.82) is 0 Å². The smallest absolute Gasteiger partial charge is 0.263 e. The third kappa shape index (κ3) is 3.35. The highest BCUT2D eigenvalue weighted by Gasteiger charge is 2.11. The maximum atomic E-state index is 12.9. The molecule has 0 unspecified atom stereocenters. The van der Waals surface area contributed by atoms with Crippen LogP contribution in [-0.4, -0.2) is 15.3 Å². The summed E-state index contributed by atoms with van der Waals surface area (Å²) >= 11 is 1.12. The van der Waals surface area contributed by atoms with E-state index in [0.29, 0.717) is 17.1 Å². The lowest BCUT2D eigenvalue weighted by molar-refractivity contribution is 0.0955. The molecule has 22 heavy (non-hydrogen) atoms. The van der Waals surface area contributed by atoms with E-state index in [-0.39, 0.29) is 11.7 Å². The number of pyridine rings is 1. The van der Waals surface area contributed by atoms with Crippen LogP contribution in [0.4, 0.5) is 4.39 Å². The molecule has 0 aliphatic heterocycles. The summed E-state index contributed by atoms with van der Waals surface area (Å²) in [6.45, 7) is 0.413. The molecule has 0 atom stereocenters.